The van der Waals surface area contributed by atoms with E-state index >= 15 is 0 Å². The lowest BCUT2D eigenvalue weighted by Gasteiger charge is -2.12. The molecule has 0 fully saturated rings. The smallest absolute Gasteiger partial charge is 0.273 e. The molecule has 2 aromatic carbocycles. The summed E-state index contributed by atoms with van der Waals surface area (Å²) in [5, 5.41) is 14.0. The summed E-state index contributed by atoms with van der Waals surface area (Å²) in [6.45, 7) is 1.05. The Morgan fingerprint density at radius 1 is 1.20 bits per heavy atom. The normalized spacial score (nSPS) is 13.0. The first kappa shape index (κ1) is 17.0. The second-order valence-corrected chi connectivity index (χ2v) is 5.85. The number of para-hydroxylation sites is 1. The Morgan fingerprint density at radius 3 is 2.60 bits per heavy atom. The Balaban J connectivity index is 1.78. The molecule has 8 heteroatoms. The number of nitro groups is 1. The third-order valence-corrected chi connectivity index (χ3v) is 3.96. The van der Waals surface area contributed by atoms with Crippen LogP contribution in [0.15, 0.2) is 36.4 Å². The van der Waals surface area contributed by atoms with Crippen LogP contribution in [0.3, 0.4) is 0 Å². The number of benzene rings is 2. The highest BCUT2D eigenvalue weighted by Gasteiger charge is 2.18. The molecule has 3 rings (SSSR count). The zero-order valence-electron chi connectivity index (χ0n) is 13.2. The van der Waals surface area contributed by atoms with E-state index in [1.165, 1.54) is 6.07 Å². The summed E-state index contributed by atoms with van der Waals surface area (Å²) in [4.78, 5) is 22.8. The number of halogens is 1. The molecular weight excluding hydrogens is 348 g/mol. The topological polar surface area (TPSA) is 90.7 Å². The standard InChI is InChI=1S/C17H15ClN2O5/c18-12-9-15-16(25-7-3-6-24-15)10-13(12)19-17(21)8-11-4-1-2-5-14(11)20(22)23/h1-2,4-5,9-10H,3,6-8H2,(H,19,21). The molecule has 7 nitrogen and oxygen atoms in total. The van der Waals surface area contributed by atoms with Gasteiger partial charge in [-0.05, 0) is 0 Å². The van der Waals surface area contributed by atoms with E-state index in [0.29, 0.717) is 41.0 Å². The molecule has 25 heavy (non-hydrogen) atoms. The van der Waals surface area contributed by atoms with E-state index in [1.807, 2.05) is 0 Å². The van der Waals surface area contributed by atoms with E-state index in [-0.39, 0.29) is 12.1 Å². The molecule has 1 heterocycles. The van der Waals surface area contributed by atoms with Gasteiger partial charge in [-0.2, -0.15) is 0 Å². The molecule has 1 N–H and O–H groups in total. The van der Waals surface area contributed by atoms with E-state index < -0.39 is 10.8 Å². The molecule has 1 amide bonds. The zero-order chi connectivity index (χ0) is 17.8. The molecule has 0 atom stereocenters. The molecule has 1 aliphatic heterocycles. The second kappa shape index (κ2) is 7.40. The monoisotopic (exact) mass is 362 g/mol. The van der Waals surface area contributed by atoms with Gasteiger partial charge in [-0.15, -0.1) is 0 Å². The van der Waals surface area contributed by atoms with Crippen molar-refractivity contribution in [2.45, 2.75) is 12.8 Å². The van der Waals surface area contributed by atoms with Crippen LogP contribution in [0, 0.1) is 10.1 Å². The number of ether oxygens (including phenoxy) is 2. The number of carbonyl (C=O) groups excluding carboxylic acids is 1. The molecule has 0 aromatic heterocycles. The number of nitrogens with one attached hydrogen (secondary N) is 1. The maximum absolute atomic E-state index is 12.3. The van der Waals surface area contributed by atoms with E-state index in [1.54, 1.807) is 30.3 Å². The minimum atomic E-state index is -0.511. The van der Waals surface area contributed by atoms with Crippen LogP contribution >= 0.6 is 11.6 Å². The second-order valence-electron chi connectivity index (χ2n) is 5.44. The highest BCUT2D eigenvalue weighted by atomic mass is 35.5. The minimum Gasteiger partial charge on any atom is -0.490 e. The lowest BCUT2D eigenvalue weighted by Crippen LogP contribution is -2.15. The van der Waals surface area contributed by atoms with Crippen molar-refractivity contribution < 1.29 is 19.2 Å². The Morgan fingerprint density at radius 2 is 1.88 bits per heavy atom. The number of hydrogen-bond acceptors (Lipinski definition) is 5. The van der Waals surface area contributed by atoms with Crippen molar-refractivity contribution in [2.75, 3.05) is 18.5 Å². The first-order valence-corrected chi connectivity index (χ1v) is 8.03. The molecule has 2 aromatic rings. The maximum atomic E-state index is 12.3. The highest BCUT2D eigenvalue weighted by molar-refractivity contribution is 6.34. The molecule has 130 valence electrons. The Hall–Kier alpha value is -2.80. The van der Waals surface area contributed by atoms with Crippen molar-refractivity contribution in [1.82, 2.24) is 0 Å². The summed E-state index contributed by atoms with van der Waals surface area (Å²) in [5.41, 5.74) is 0.604. The van der Waals surface area contributed by atoms with Gasteiger partial charge >= 0.3 is 0 Å². The zero-order valence-corrected chi connectivity index (χ0v) is 13.9. The number of hydrogen-bond donors (Lipinski definition) is 1. The van der Waals surface area contributed by atoms with Gasteiger partial charge in [-0.1, -0.05) is 29.8 Å². The minimum absolute atomic E-state index is 0.0950. The number of rotatable bonds is 4. The van der Waals surface area contributed by atoms with Crippen LogP contribution in [0.4, 0.5) is 11.4 Å². The van der Waals surface area contributed by atoms with E-state index in [2.05, 4.69) is 5.32 Å². The van der Waals surface area contributed by atoms with Gasteiger partial charge in [0.15, 0.2) is 11.5 Å². The molecule has 1 aliphatic rings. The van der Waals surface area contributed by atoms with Crippen molar-refractivity contribution in [3.63, 3.8) is 0 Å². The van der Waals surface area contributed by atoms with Gasteiger partial charge in [0.1, 0.15) is 0 Å². The molecule has 0 saturated heterocycles. The first-order valence-electron chi connectivity index (χ1n) is 7.66. The number of amides is 1. The van der Waals surface area contributed by atoms with Crippen LogP contribution in [0.5, 0.6) is 11.5 Å². The fourth-order valence-corrected chi connectivity index (χ4v) is 2.69. The summed E-state index contributed by atoms with van der Waals surface area (Å²) in [5.74, 6) is 0.618. The van der Waals surface area contributed by atoms with Gasteiger partial charge < -0.3 is 14.8 Å². The van der Waals surface area contributed by atoms with E-state index in [4.69, 9.17) is 21.1 Å². The van der Waals surface area contributed by atoms with Crippen molar-refractivity contribution in [3.05, 3.63) is 57.1 Å². The summed E-state index contributed by atoms with van der Waals surface area (Å²) in [7, 11) is 0. The molecule has 0 radical (unpaired) electrons. The summed E-state index contributed by atoms with van der Waals surface area (Å²) < 4.78 is 11.1. The van der Waals surface area contributed by atoms with Crippen molar-refractivity contribution in [1.29, 1.82) is 0 Å². The number of carbonyl (C=O) groups is 1. The Kier molecular flexibility index (Phi) is 5.04. The average Bonchev–Trinajstić information content (AvgIpc) is 2.80. The number of nitro benzene ring substituents is 1. The number of nitrogens with zero attached hydrogens (tertiary/aromatic N) is 1. The van der Waals surface area contributed by atoms with Crippen LogP contribution in [0.2, 0.25) is 5.02 Å². The highest BCUT2D eigenvalue weighted by Crippen LogP contribution is 2.37. The molecule has 0 unspecified atom stereocenters. The lowest BCUT2D eigenvalue weighted by atomic mass is 10.1. The molecule has 0 spiro atoms. The van der Waals surface area contributed by atoms with Crippen LogP contribution in [0.1, 0.15) is 12.0 Å². The average molecular weight is 363 g/mol. The van der Waals surface area contributed by atoms with Gasteiger partial charge in [0.05, 0.1) is 35.3 Å². The van der Waals surface area contributed by atoms with Crippen LogP contribution in [-0.4, -0.2) is 24.0 Å². The Labute approximate surface area is 148 Å². The predicted octanol–water partition coefficient (Wildman–Crippen LogP) is 3.59. The quantitative estimate of drug-likeness (QED) is 0.663. The van der Waals surface area contributed by atoms with E-state index in [9.17, 15) is 14.9 Å². The van der Waals surface area contributed by atoms with Gasteiger partial charge in [-0.3, -0.25) is 14.9 Å². The van der Waals surface area contributed by atoms with Crippen LogP contribution < -0.4 is 14.8 Å². The fourth-order valence-electron chi connectivity index (χ4n) is 2.49. The van der Waals surface area contributed by atoms with Gasteiger partial charge in [0.25, 0.3) is 5.69 Å². The van der Waals surface area contributed by atoms with E-state index in [0.717, 1.165) is 6.42 Å². The number of fused-ring (bicyclic) bond motifs is 1. The number of anilines is 1. The molecule has 0 bridgehead atoms. The lowest BCUT2D eigenvalue weighted by molar-refractivity contribution is -0.385. The van der Waals surface area contributed by atoms with Gasteiger partial charge in [0, 0.05) is 30.2 Å². The van der Waals surface area contributed by atoms with Gasteiger partial charge in [-0.25, -0.2) is 0 Å². The van der Waals surface area contributed by atoms with Gasteiger partial charge in [0.2, 0.25) is 5.91 Å². The van der Waals surface area contributed by atoms with Crippen LogP contribution in [0.25, 0.3) is 0 Å². The molecule has 0 saturated carbocycles. The first-order chi connectivity index (χ1) is 12.0. The molecule has 0 aliphatic carbocycles. The summed E-state index contributed by atoms with van der Waals surface area (Å²) in [6.07, 6.45) is 0.619. The van der Waals surface area contributed by atoms with Crippen molar-refractivity contribution >= 4 is 28.9 Å². The van der Waals surface area contributed by atoms with Crippen molar-refractivity contribution in [3.8, 4) is 11.5 Å². The van der Waals surface area contributed by atoms with Crippen LogP contribution in [-0.2, 0) is 11.2 Å². The summed E-state index contributed by atoms with van der Waals surface area (Å²) >= 11 is 6.18. The Bertz CT molecular complexity index is 825. The third-order valence-electron chi connectivity index (χ3n) is 3.65. The maximum Gasteiger partial charge on any atom is 0.273 e. The SMILES string of the molecule is O=C(Cc1ccccc1[N+](=O)[O-])Nc1cc2c(cc1Cl)OCCCO2. The predicted molar refractivity (Wildman–Crippen MR) is 92.5 cm³/mol. The third kappa shape index (κ3) is 4.00. The van der Waals surface area contributed by atoms with Crippen molar-refractivity contribution in [2.24, 2.45) is 0 Å². The largest absolute Gasteiger partial charge is 0.490 e. The fraction of sp³-hybridized carbons (Fsp3) is 0.235. The summed E-state index contributed by atoms with van der Waals surface area (Å²) in [6, 6.07) is 9.30. The molecular formula is C17H15ClN2O5.